The molecule has 5 heteroatoms. The molecule has 2 heterocycles. The van der Waals surface area contributed by atoms with Gasteiger partial charge in [0.2, 0.25) is 0 Å². The lowest BCUT2D eigenvalue weighted by molar-refractivity contribution is 0.626. The Morgan fingerprint density at radius 2 is 2.14 bits per heavy atom. The van der Waals surface area contributed by atoms with Crippen LogP contribution in [0.4, 0.5) is 4.39 Å². The largest absolute Gasteiger partial charge is 0.297 e. The second-order valence-electron chi connectivity index (χ2n) is 4.80. The zero-order valence-corrected chi connectivity index (χ0v) is 13.0. The van der Waals surface area contributed by atoms with Crippen molar-refractivity contribution in [3.63, 3.8) is 0 Å². The second-order valence-corrected chi connectivity index (χ2v) is 5.62. The van der Waals surface area contributed by atoms with Gasteiger partial charge in [0.1, 0.15) is 17.3 Å². The Kier molecular flexibility index (Phi) is 3.68. The van der Waals surface area contributed by atoms with E-state index in [1.165, 1.54) is 6.07 Å². The van der Waals surface area contributed by atoms with Crippen molar-refractivity contribution in [1.29, 1.82) is 0 Å². The lowest BCUT2D eigenvalue weighted by atomic mass is 10.2. The van der Waals surface area contributed by atoms with E-state index in [9.17, 15) is 4.39 Å². The average Bonchev–Trinajstić information content (AvgIpc) is 2.79. The van der Waals surface area contributed by atoms with Crippen LogP contribution in [-0.4, -0.2) is 20.8 Å². The molecule has 0 fully saturated rings. The molecule has 0 bridgehead atoms. The summed E-state index contributed by atoms with van der Waals surface area (Å²) in [6, 6.07) is 6.63. The minimum absolute atomic E-state index is 0.243. The van der Waals surface area contributed by atoms with Crippen LogP contribution in [-0.2, 0) is 6.42 Å². The Balaban J connectivity index is 2.42. The maximum Gasteiger partial charge on any atom is 0.149 e. The van der Waals surface area contributed by atoms with Crippen LogP contribution in [0.5, 0.6) is 0 Å². The van der Waals surface area contributed by atoms with Gasteiger partial charge in [-0.05, 0) is 37.8 Å². The van der Waals surface area contributed by atoms with Crippen LogP contribution in [0.2, 0.25) is 0 Å². The molecule has 0 aliphatic heterocycles. The fourth-order valence-electron chi connectivity index (χ4n) is 2.61. The molecule has 0 radical (unpaired) electrons. The van der Waals surface area contributed by atoms with Crippen molar-refractivity contribution in [3.8, 4) is 5.69 Å². The summed E-state index contributed by atoms with van der Waals surface area (Å²) in [5.74, 6) is 0.473. The Labute approximate surface area is 127 Å². The van der Waals surface area contributed by atoms with Gasteiger partial charge in [0.05, 0.1) is 11.1 Å². The van der Waals surface area contributed by atoms with Crippen molar-refractivity contribution in [1.82, 2.24) is 14.5 Å². The molecule has 3 rings (SSSR count). The standard InChI is InChI=1S/C16H16FN3S/c1-4-14-15(21-3)13-9-18-10(2)19-16(13)20(14)12-7-5-6-11(17)8-12/h5-9H,4H2,1-3H3. The van der Waals surface area contributed by atoms with E-state index in [0.29, 0.717) is 5.82 Å². The number of hydrogen-bond donors (Lipinski definition) is 0. The van der Waals surface area contributed by atoms with Gasteiger partial charge in [0.15, 0.2) is 0 Å². The third-order valence-electron chi connectivity index (χ3n) is 3.48. The molecule has 108 valence electrons. The smallest absolute Gasteiger partial charge is 0.149 e. The highest BCUT2D eigenvalue weighted by Crippen LogP contribution is 2.34. The summed E-state index contributed by atoms with van der Waals surface area (Å²) in [7, 11) is 0. The number of fused-ring (bicyclic) bond motifs is 1. The Morgan fingerprint density at radius 3 is 2.81 bits per heavy atom. The number of benzene rings is 1. The summed E-state index contributed by atoms with van der Waals surface area (Å²) in [5.41, 5.74) is 2.78. The van der Waals surface area contributed by atoms with Crippen molar-refractivity contribution in [2.45, 2.75) is 25.2 Å². The molecule has 3 nitrogen and oxygen atoms in total. The third-order valence-corrected chi connectivity index (χ3v) is 4.35. The SMILES string of the molecule is CCc1c(SC)c2cnc(C)nc2n1-c1cccc(F)c1. The van der Waals surface area contributed by atoms with Crippen molar-refractivity contribution < 1.29 is 4.39 Å². The maximum absolute atomic E-state index is 13.6. The number of aryl methyl sites for hydroxylation is 1. The van der Waals surface area contributed by atoms with Gasteiger partial charge in [0, 0.05) is 16.8 Å². The summed E-state index contributed by atoms with van der Waals surface area (Å²) in [5, 5.41) is 1.02. The van der Waals surface area contributed by atoms with E-state index >= 15 is 0 Å². The predicted octanol–water partition coefficient (Wildman–Crippen LogP) is 4.15. The van der Waals surface area contributed by atoms with Crippen LogP contribution in [0, 0.1) is 12.7 Å². The summed E-state index contributed by atoms with van der Waals surface area (Å²) in [6.07, 6.45) is 4.75. The molecular formula is C16H16FN3S. The number of nitrogens with zero attached hydrogens (tertiary/aromatic N) is 3. The number of thioether (sulfide) groups is 1. The van der Waals surface area contributed by atoms with Gasteiger partial charge in [-0.15, -0.1) is 11.8 Å². The van der Waals surface area contributed by atoms with Gasteiger partial charge in [0.25, 0.3) is 0 Å². The monoisotopic (exact) mass is 301 g/mol. The summed E-state index contributed by atoms with van der Waals surface area (Å²) in [6.45, 7) is 3.97. The molecule has 21 heavy (non-hydrogen) atoms. The molecule has 0 spiro atoms. The van der Waals surface area contributed by atoms with Crippen molar-refractivity contribution in [2.75, 3.05) is 6.26 Å². The van der Waals surface area contributed by atoms with E-state index in [1.54, 1.807) is 23.9 Å². The minimum atomic E-state index is -0.243. The fourth-order valence-corrected chi connectivity index (χ4v) is 3.45. The van der Waals surface area contributed by atoms with Crippen molar-refractivity contribution >= 4 is 22.8 Å². The highest BCUT2D eigenvalue weighted by Gasteiger charge is 2.18. The topological polar surface area (TPSA) is 30.7 Å². The Morgan fingerprint density at radius 1 is 1.33 bits per heavy atom. The maximum atomic E-state index is 13.6. The first kappa shape index (κ1) is 14.1. The van der Waals surface area contributed by atoms with Crippen LogP contribution >= 0.6 is 11.8 Å². The lowest BCUT2D eigenvalue weighted by Crippen LogP contribution is -2.02. The van der Waals surface area contributed by atoms with E-state index in [-0.39, 0.29) is 5.82 Å². The first-order valence-corrected chi connectivity index (χ1v) is 8.05. The number of aromatic nitrogens is 3. The van der Waals surface area contributed by atoms with Gasteiger partial charge < -0.3 is 0 Å². The van der Waals surface area contributed by atoms with E-state index < -0.39 is 0 Å². The zero-order valence-electron chi connectivity index (χ0n) is 12.2. The normalized spacial score (nSPS) is 11.2. The number of hydrogen-bond acceptors (Lipinski definition) is 3. The van der Waals surface area contributed by atoms with Crippen LogP contribution in [0.3, 0.4) is 0 Å². The second kappa shape index (κ2) is 5.48. The molecule has 0 unspecified atom stereocenters. The van der Waals surface area contributed by atoms with Crippen LogP contribution < -0.4 is 0 Å². The van der Waals surface area contributed by atoms with Crippen LogP contribution in [0.15, 0.2) is 35.4 Å². The molecule has 0 atom stereocenters. The molecule has 0 N–H and O–H groups in total. The first-order valence-electron chi connectivity index (χ1n) is 6.82. The summed E-state index contributed by atoms with van der Waals surface area (Å²) >= 11 is 1.68. The van der Waals surface area contributed by atoms with Gasteiger partial charge in [-0.1, -0.05) is 13.0 Å². The minimum Gasteiger partial charge on any atom is -0.297 e. The summed E-state index contributed by atoms with van der Waals surface area (Å²) < 4.78 is 15.6. The first-order chi connectivity index (χ1) is 10.2. The van der Waals surface area contributed by atoms with Crippen LogP contribution in [0.25, 0.3) is 16.7 Å². The molecule has 2 aromatic heterocycles. The Hall–Kier alpha value is -1.88. The van der Waals surface area contributed by atoms with E-state index in [4.69, 9.17) is 0 Å². The molecule has 0 saturated carbocycles. The Bertz CT molecular complexity index is 811. The average molecular weight is 301 g/mol. The van der Waals surface area contributed by atoms with E-state index in [1.807, 2.05) is 30.0 Å². The van der Waals surface area contributed by atoms with Gasteiger partial charge in [-0.25, -0.2) is 14.4 Å². The van der Waals surface area contributed by atoms with Gasteiger partial charge in [-0.3, -0.25) is 4.57 Å². The molecule has 0 amide bonds. The molecule has 3 aromatic rings. The van der Waals surface area contributed by atoms with E-state index in [0.717, 1.165) is 33.7 Å². The fraction of sp³-hybridized carbons (Fsp3) is 0.250. The number of rotatable bonds is 3. The molecule has 0 aliphatic rings. The number of halogens is 1. The highest BCUT2D eigenvalue weighted by atomic mass is 32.2. The van der Waals surface area contributed by atoms with Gasteiger partial charge in [-0.2, -0.15) is 0 Å². The van der Waals surface area contributed by atoms with Crippen molar-refractivity contribution in [2.24, 2.45) is 0 Å². The van der Waals surface area contributed by atoms with Crippen molar-refractivity contribution in [3.05, 3.63) is 47.8 Å². The van der Waals surface area contributed by atoms with Crippen LogP contribution in [0.1, 0.15) is 18.4 Å². The lowest BCUT2D eigenvalue weighted by Gasteiger charge is -2.10. The predicted molar refractivity (Wildman–Crippen MR) is 84.7 cm³/mol. The van der Waals surface area contributed by atoms with Gasteiger partial charge >= 0.3 is 0 Å². The molecule has 1 aromatic carbocycles. The third kappa shape index (κ3) is 2.31. The van der Waals surface area contributed by atoms with E-state index in [2.05, 4.69) is 16.9 Å². The zero-order chi connectivity index (χ0) is 15.0. The highest BCUT2D eigenvalue weighted by molar-refractivity contribution is 7.98. The molecule has 0 saturated heterocycles. The molecule has 0 aliphatic carbocycles. The summed E-state index contributed by atoms with van der Waals surface area (Å²) in [4.78, 5) is 10.0. The quantitative estimate of drug-likeness (QED) is 0.681. The molecular weight excluding hydrogens is 285 g/mol.